The lowest BCUT2D eigenvalue weighted by atomic mass is 10.1. The molecule has 0 aliphatic carbocycles. The Morgan fingerprint density at radius 2 is 2.29 bits per heavy atom. The summed E-state index contributed by atoms with van der Waals surface area (Å²) in [7, 11) is 1.62. The third kappa shape index (κ3) is 4.63. The SMILES string of the molecule is CCOc1ccc(CNC(=O)CC2CCCN2)cc1OC. The van der Waals surface area contributed by atoms with E-state index < -0.39 is 0 Å². The van der Waals surface area contributed by atoms with Gasteiger partial charge in [-0.05, 0) is 44.0 Å². The Hall–Kier alpha value is -1.75. The molecule has 1 atom stereocenters. The van der Waals surface area contributed by atoms with Gasteiger partial charge >= 0.3 is 0 Å². The van der Waals surface area contributed by atoms with Crippen molar-refractivity contribution >= 4 is 5.91 Å². The zero-order chi connectivity index (χ0) is 15.1. The Labute approximate surface area is 126 Å². The topological polar surface area (TPSA) is 59.6 Å². The highest BCUT2D eigenvalue weighted by atomic mass is 16.5. The smallest absolute Gasteiger partial charge is 0.221 e. The van der Waals surface area contributed by atoms with Gasteiger partial charge in [-0.3, -0.25) is 4.79 Å². The van der Waals surface area contributed by atoms with Gasteiger partial charge in [0.15, 0.2) is 11.5 Å². The van der Waals surface area contributed by atoms with Gasteiger partial charge in [0.05, 0.1) is 13.7 Å². The molecule has 0 radical (unpaired) electrons. The van der Waals surface area contributed by atoms with Crippen LogP contribution >= 0.6 is 0 Å². The normalized spacial score (nSPS) is 17.5. The minimum Gasteiger partial charge on any atom is -0.493 e. The van der Waals surface area contributed by atoms with Crippen LogP contribution in [0, 0.1) is 0 Å². The summed E-state index contributed by atoms with van der Waals surface area (Å²) >= 11 is 0. The molecule has 0 spiro atoms. The first kappa shape index (κ1) is 15.6. The summed E-state index contributed by atoms with van der Waals surface area (Å²) in [5.74, 6) is 1.51. The van der Waals surface area contributed by atoms with Crippen LogP contribution < -0.4 is 20.1 Å². The van der Waals surface area contributed by atoms with E-state index in [0.717, 1.165) is 30.7 Å². The Bertz CT molecular complexity index is 471. The number of hydrogen-bond donors (Lipinski definition) is 2. The molecule has 1 unspecified atom stereocenters. The van der Waals surface area contributed by atoms with Crippen LogP contribution in [-0.4, -0.2) is 32.2 Å². The molecule has 1 saturated heterocycles. The van der Waals surface area contributed by atoms with Gasteiger partial charge in [-0.15, -0.1) is 0 Å². The van der Waals surface area contributed by atoms with E-state index in [0.29, 0.717) is 31.4 Å². The van der Waals surface area contributed by atoms with Gasteiger partial charge in [-0.2, -0.15) is 0 Å². The van der Waals surface area contributed by atoms with Crippen LogP contribution in [0.4, 0.5) is 0 Å². The van der Waals surface area contributed by atoms with Gasteiger partial charge in [0, 0.05) is 19.0 Å². The number of rotatable bonds is 7. The summed E-state index contributed by atoms with van der Waals surface area (Å²) in [4.78, 5) is 11.9. The predicted molar refractivity (Wildman–Crippen MR) is 81.7 cm³/mol. The maximum Gasteiger partial charge on any atom is 0.221 e. The molecule has 5 heteroatoms. The van der Waals surface area contributed by atoms with Gasteiger partial charge in [0.1, 0.15) is 0 Å². The second-order valence-corrected chi connectivity index (χ2v) is 5.19. The van der Waals surface area contributed by atoms with Crippen molar-refractivity contribution in [1.29, 1.82) is 0 Å². The van der Waals surface area contributed by atoms with Crippen molar-refractivity contribution < 1.29 is 14.3 Å². The largest absolute Gasteiger partial charge is 0.493 e. The summed E-state index contributed by atoms with van der Waals surface area (Å²) in [6, 6.07) is 6.06. The molecule has 1 fully saturated rings. The van der Waals surface area contributed by atoms with Crippen molar-refractivity contribution in [3.63, 3.8) is 0 Å². The van der Waals surface area contributed by atoms with Crippen molar-refractivity contribution in [3.8, 4) is 11.5 Å². The lowest BCUT2D eigenvalue weighted by Gasteiger charge is -2.13. The van der Waals surface area contributed by atoms with E-state index in [1.165, 1.54) is 0 Å². The molecule has 21 heavy (non-hydrogen) atoms. The molecule has 2 rings (SSSR count). The molecule has 1 aromatic rings. The average molecular weight is 292 g/mol. The number of nitrogens with one attached hydrogen (secondary N) is 2. The van der Waals surface area contributed by atoms with E-state index >= 15 is 0 Å². The predicted octanol–water partition coefficient (Wildman–Crippen LogP) is 1.85. The van der Waals surface area contributed by atoms with Crippen molar-refractivity contribution in [2.45, 2.75) is 38.8 Å². The maximum atomic E-state index is 11.9. The highest BCUT2D eigenvalue weighted by Gasteiger charge is 2.17. The molecule has 1 amide bonds. The van der Waals surface area contributed by atoms with Crippen LogP contribution in [0.15, 0.2) is 18.2 Å². The van der Waals surface area contributed by atoms with Crippen LogP contribution in [-0.2, 0) is 11.3 Å². The van der Waals surface area contributed by atoms with Crippen LogP contribution in [0.2, 0.25) is 0 Å². The first-order chi connectivity index (χ1) is 10.2. The summed E-state index contributed by atoms with van der Waals surface area (Å²) in [6.07, 6.45) is 2.80. The number of ether oxygens (including phenoxy) is 2. The standard InChI is InChI=1S/C16H24N2O3/c1-3-21-14-7-6-12(9-15(14)20-2)11-18-16(19)10-13-5-4-8-17-13/h6-7,9,13,17H,3-5,8,10-11H2,1-2H3,(H,18,19). The third-order valence-electron chi connectivity index (χ3n) is 3.61. The Kier molecular flexibility index (Phi) is 5.87. The van der Waals surface area contributed by atoms with E-state index in [1.54, 1.807) is 7.11 Å². The van der Waals surface area contributed by atoms with Gasteiger partial charge < -0.3 is 20.1 Å². The van der Waals surface area contributed by atoms with E-state index in [1.807, 2.05) is 25.1 Å². The van der Waals surface area contributed by atoms with Crippen LogP contribution in [0.3, 0.4) is 0 Å². The van der Waals surface area contributed by atoms with E-state index in [4.69, 9.17) is 9.47 Å². The van der Waals surface area contributed by atoms with Gasteiger partial charge in [-0.1, -0.05) is 6.07 Å². The van der Waals surface area contributed by atoms with Crippen molar-refractivity contribution in [3.05, 3.63) is 23.8 Å². The number of hydrogen-bond acceptors (Lipinski definition) is 4. The lowest BCUT2D eigenvalue weighted by Crippen LogP contribution is -2.31. The summed E-state index contributed by atoms with van der Waals surface area (Å²) < 4.78 is 10.8. The van der Waals surface area contributed by atoms with Crippen LogP contribution in [0.5, 0.6) is 11.5 Å². The molecule has 1 aromatic carbocycles. The molecule has 0 saturated carbocycles. The molecule has 1 heterocycles. The monoisotopic (exact) mass is 292 g/mol. The Morgan fingerprint density at radius 3 is 2.95 bits per heavy atom. The molecule has 0 bridgehead atoms. The first-order valence-electron chi connectivity index (χ1n) is 7.52. The highest BCUT2D eigenvalue weighted by Crippen LogP contribution is 2.27. The number of methoxy groups -OCH3 is 1. The van der Waals surface area contributed by atoms with E-state index in [9.17, 15) is 4.79 Å². The lowest BCUT2D eigenvalue weighted by molar-refractivity contribution is -0.121. The van der Waals surface area contributed by atoms with E-state index in [-0.39, 0.29) is 5.91 Å². The van der Waals surface area contributed by atoms with Crippen LogP contribution in [0.1, 0.15) is 31.7 Å². The summed E-state index contributed by atoms with van der Waals surface area (Å²) in [5.41, 5.74) is 1.00. The molecule has 1 aliphatic rings. The number of carbonyl (C=O) groups excluding carboxylic acids is 1. The fourth-order valence-electron chi connectivity index (χ4n) is 2.52. The van der Waals surface area contributed by atoms with Gasteiger partial charge in [0.2, 0.25) is 5.91 Å². The second kappa shape index (κ2) is 7.88. The minimum atomic E-state index is 0.0854. The molecule has 1 aliphatic heterocycles. The summed E-state index contributed by atoms with van der Waals surface area (Å²) in [6.45, 7) is 4.06. The van der Waals surface area contributed by atoms with Crippen molar-refractivity contribution in [2.24, 2.45) is 0 Å². The number of amides is 1. The van der Waals surface area contributed by atoms with Gasteiger partial charge in [-0.25, -0.2) is 0 Å². The number of benzene rings is 1. The quantitative estimate of drug-likeness (QED) is 0.805. The first-order valence-corrected chi connectivity index (χ1v) is 7.52. The molecular formula is C16H24N2O3. The highest BCUT2D eigenvalue weighted by molar-refractivity contribution is 5.76. The Balaban J connectivity index is 1.85. The van der Waals surface area contributed by atoms with Crippen LogP contribution in [0.25, 0.3) is 0 Å². The maximum absolute atomic E-state index is 11.9. The average Bonchev–Trinajstić information content (AvgIpc) is 2.99. The molecule has 116 valence electrons. The zero-order valence-corrected chi connectivity index (χ0v) is 12.8. The number of carbonyl (C=O) groups is 1. The van der Waals surface area contributed by atoms with E-state index in [2.05, 4.69) is 10.6 Å². The van der Waals surface area contributed by atoms with Gasteiger partial charge in [0.25, 0.3) is 0 Å². The molecule has 5 nitrogen and oxygen atoms in total. The van der Waals surface area contributed by atoms with Crippen molar-refractivity contribution in [2.75, 3.05) is 20.3 Å². The van der Waals surface area contributed by atoms with Crippen molar-refractivity contribution in [1.82, 2.24) is 10.6 Å². The zero-order valence-electron chi connectivity index (χ0n) is 12.8. The second-order valence-electron chi connectivity index (χ2n) is 5.19. The fourth-order valence-corrected chi connectivity index (χ4v) is 2.52. The Morgan fingerprint density at radius 1 is 1.43 bits per heavy atom. The molecular weight excluding hydrogens is 268 g/mol. The summed E-state index contributed by atoms with van der Waals surface area (Å²) in [5, 5.41) is 6.28. The molecule has 0 aromatic heterocycles. The minimum absolute atomic E-state index is 0.0854. The fraction of sp³-hybridized carbons (Fsp3) is 0.562. The third-order valence-corrected chi connectivity index (χ3v) is 3.61. The molecule has 2 N–H and O–H groups in total.